The Morgan fingerprint density at radius 3 is 2.58 bits per heavy atom. The molecule has 0 spiro atoms. The lowest BCUT2D eigenvalue weighted by molar-refractivity contribution is -0.124. The number of piperazine rings is 1. The highest BCUT2D eigenvalue weighted by Gasteiger charge is 2.41. The van der Waals surface area contributed by atoms with Gasteiger partial charge in [0.05, 0.1) is 35.7 Å². The fourth-order valence-corrected chi connectivity index (χ4v) is 3.97. The van der Waals surface area contributed by atoms with Crippen molar-refractivity contribution in [1.82, 2.24) is 25.2 Å². The van der Waals surface area contributed by atoms with E-state index in [-0.39, 0.29) is 23.7 Å². The van der Waals surface area contributed by atoms with Gasteiger partial charge in [-0.25, -0.2) is 9.97 Å². The van der Waals surface area contributed by atoms with Crippen molar-refractivity contribution in [2.45, 2.75) is 25.5 Å². The van der Waals surface area contributed by atoms with E-state index in [1.165, 1.54) is 0 Å². The van der Waals surface area contributed by atoms with E-state index in [4.69, 9.17) is 4.74 Å². The number of nitrogens with zero attached hydrogens (tertiary/aromatic N) is 5. The molecule has 1 saturated heterocycles. The molecule has 162 valence electrons. The molecule has 2 N–H and O–H groups in total. The standard InChI is InChI=1S/C21H25N7O3/c1-22-21(30)19-24-9-15(10-25-19)28-6-4-27(5-7-28)12-14-8-16-17(11-23-14)31-18(13-2-3-13)20(29)26-16/h8-11,13,18H,2-7,12H2,1H3,(H,22,30)(H,26,29)/t18-/m1/s1. The minimum Gasteiger partial charge on any atom is -0.476 e. The van der Waals surface area contributed by atoms with Crippen molar-refractivity contribution in [1.29, 1.82) is 0 Å². The summed E-state index contributed by atoms with van der Waals surface area (Å²) in [5.41, 5.74) is 2.52. The van der Waals surface area contributed by atoms with Crippen molar-refractivity contribution in [3.05, 3.63) is 36.2 Å². The fraction of sp³-hybridized carbons (Fsp3) is 0.476. The summed E-state index contributed by atoms with van der Waals surface area (Å²) in [5.74, 6) is 0.826. The van der Waals surface area contributed by atoms with Crippen LogP contribution in [0, 0.1) is 5.92 Å². The molecule has 3 aliphatic rings. The molecule has 2 aromatic rings. The van der Waals surface area contributed by atoms with Crippen LogP contribution in [0.1, 0.15) is 29.2 Å². The molecule has 2 amide bonds. The highest BCUT2D eigenvalue weighted by molar-refractivity contribution is 5.98. The van der Waals surface area contributed by atoms with Gasteiger partial charge in [0.15, 0.2) is 11.9 Å². The SMILES string of the molecule is CNC(=O)c1ncc(N2CCN(Cc3cc4c(cn3)O[C@H](C3CC3)C(=O)N4)CC2)cn1. The highest BCUT2D eigenvalue weighted by Crippen LogP contribution is 2.39. The zero-order valence-electron chi connectivity index (χ0n) is 17.4. The molecule has 31 heavy (non-hydrogen) atoms. The largest absolute Gasteiger partial charge is 0.476 e. The van der Waals surface area contributed by atoms with E-state index < -0.39 is 0 Å². The van der Waals surface area contributed by atoms with Gasteiger partial charge in [-0.05, 0) is 18.9 Å². The number of carbonyl (C=O) groups excluding carboxylic acids is 2. The monoisotopic (exact) mass is 423 g/mol. The number of pyridine rings is 1. The van der Waals surface area contributed by atoms with Crippen LogP contribution in [0.5, 0.6) is 5.75 Å². The first-order valence-corrected chi connectivity index (χ1v) is 10.6. The normalized spacial score (nSPS) is 21.1. The van der Waals surface area contributed by atoms with Crippen LogP contribution in [0.3, 0.4) is 0 Å². The minimum atomic E-state index is -0.373. The van der Waals surface area contributed by atoms with Crippen LogP contribution >= 0.6 is 0 Å². The Kier molecular flexibility index (Phi) is 5.14. The lowest BCUT2D eigenvalue weighted by Crippen LogP contribution is -2.46. The maximum Gasteiger partial charge on any atom is 0.288 e. The van der Waals surface area contributed by atoms with E-state index in [1.807, 2.05) is 6.07 Å². The molecule has 1 atom stereocenters. The summed E-state index contributed by atoms with van der Waals surface area (Å²) < 4.78 is 5.87. The minimum absolute atomic E-state index is 0.0505. The van der Waals surface area contributed by atoms with Crippen LogP contribution in [0.15, 0.2) is 24.7 Å². The summed E-state index contributed by atoms with van der Waals surface area (Å²) in [7, 11) is 1.56. The van der Waals surface area contributed by atoms with Crippen molar-refractivity contribution in [3.8, 4) is 5.75 Å². The summed E-state index contributed by atoms with van der Waals surface area (Å²) in [5, 5.41) is 5.50. The summed E-state index contributed by atoms with van der Waals surface area (Å²) in [6.45, 7) is 4.09. The number of anilines is 2. The van der Waals surface area contributed by atoms with Crippen LogP contribution in [0.2, 0.25) is 0 Å². The van der Waals surface area contributed by atoms with Gasteiger partial charge in [-0.3, -0.25) is 19.5 Å². The van der Waals surface area contributed by atoms with Crippen LogP contribution in [-0.2, 0) is 11.3 Å². The highest BCUT2D eigenvalue weighted by atomic mass is 16.5. The molecular formula is C21H25N7O3. The van der Waals surface area contributed by atoms with Gasteiger partial charge in [-0.2, -0.15) is 0 Å². The number of hydrogen-bond donors (Lipinski definition) is 2. The molecule has 1 saturated carbocycles. The molecule has 4 heterocycles. The van der Waals surface area contributed by atoms with Gasteiger partial charge >= 0.3 is 0 Å². The maximum absolute atomic E-state index is 12.3. The Bertz CT molecular complexity index is 985. The molecule has 5 rings (SSSR count). The van der Waals surface area contributed by atoms with E-state index in [2.05, 4.69) is 35.4 Å². The van der Waals surface area contributed by atoms with Gasteiger partial charge in [0, 0.05) is 45.7 Å². The van der Waals surface area contributed by atoms with Gasteiger partial charge < -0.3 is 20.3 Å². The lowest BCUT2D eigenvalue weighted by atomic mass is 10.1. The first-order valence-electron chi connectivity index (χ1n) is 10.6. The number of carbonyl (C=O) groups is 2. The van der Waals surface area contributed by atoms with Crippen molar-refractivity contribution in [2.24, 2.45) is 5.92 Å². The number of fused-ring (bicyclic) bond motifs is 1. The van der Waals surface area contributed by atoms with Gasteiger partial charge in [0.2, 0.25) is 5.82 Å². The third kappa shape index (κ3) is 4.15. The molecule has 0 unspecified atom stereocenters. The summed E-state index contributed by atoms with van der Waals surface area (Å²) in [6.07, 6.45) is 6.83. The zero-order valence-corrected chi connectivity index (χ0v) is 17.4. The molecule has 0 bridgehead atoms. The van der Waals surface area contributed by atoms with E-state index >= 15 is 0 Å². The van der Waals surface area contributed by atoms with Crippen molar-refractivity contribution >= 4 is 23.2 Å². The lowest BCUT2D eigenvalue weighted by Gasteiger charge is -2.35. The Hall–Kier alpha value is -3.27. The number of hydrogen-bond acceptors (Lipinski definition) is 8. The average molecular weight is 423 g/mol. The second-order valence-electron chi connectivity index (χ2n) is 8.14. The second kappa shape index (κ2) is 8.10. The molecule has 0 radical (unpaired) electrons. The Balaban J connectivity index is 1.17. The average Bonchev–Trinajstić information content (AvgIpc) is 3.64. The quantitative estimate of drug-likeness (QED) is 0.721. The summed E-state index contributed by atoms with van der Waals surface area (Å²) >= 11 is 0. The Morgan fingerprint density at radius 1 is 1.16 bits per heavy atom. The maximum atomic E-state index is 12.3. The summed E-state index contributed by atoms with van der Waals surface area (Å²) in [4.78, 5) is 41.2. The van der Waals surface area contributed by atoms with Crippen LogP contribution in [0.25, 0.3) is 0 Å². The molecule has 2 aromatic heterocycles. The third-order valence-electron chi connectivity index (χ3n) is 5.94. The number of aromatic nitrogens is 3. The van der Waals surface area contributed by atoms with E-state index in [9.17, 15) is 9.59 Å². The van der Waals surface area contributed by atoms with Gasteiger partial charge in [-0.1, -0.05) is 0 Å². The van der Waals surface area contributed by atoms with Gasteiger partial charge in [0.25, 0.3) is 11.8 Å². The van der Waals surface area contributed by atoms with Gasteiger partial charge in [0.1, 0.15) is 0 Å². The Morgan fingerprint density at radius 2 is 1.90 bits per heavy atom. The first kappa shape index (κ1) is 19.7. The molecule has 2 aliphatic heterocycles. The van der Waals surface area contributed by atoms with Crippen LogP contribution in [0.4, 0.5) is 11.4 Å². The number of ether oxygens (including phenoxy) is 1. The zero-order chi connectivity index (χ0) is 21.4. The van der Waals surface area contributed by atoms with Crippen molar-refractivity contribution in [2.75, 3.05) is 43.4 Å². The van der Waals surface area contributed by atoms with Gasteiger partial charge in [-0.15, -0.1) is 0 Å². The van der Waals surface area contributed by atoms with E-state index in [0.717, 1.165) is 50.4 Å². The number of rotatable bonds is 5. The molecule has 10 heteroatoms. The predicted octanol–water partition coefficient (Wildman–Crippen LogP) is 0.663. The smallest absolute Gasteiger partial charge is 0.288 e. The molecule has 0 aromatic carbocycles. The second-order valence-corrected chi connectivity index (χ2v) is 8.14. The fourth-order valence-electron chi connectivity index (χ4n) is 3.97. The third-order valence-corrected chi connectivity index (χ3v) is 5.94. The van der Waals surface area contributed by atoms with Crippen LogP contribution in [-0.4, -0.2) is 71.0 Å². The van der Waals surface area contributed by atoms with E-state index in [1.54, 1.807) is 25.6 Å². The Labute approximate surface area is 180 Å². The number of amides is 2. The number of nitrogens with one attached hydrogen (secondary N) is 2. The summed E-state index contributed by atoms with van der Waals surface area (Å²) in [6, 6.07) is 1.91. The van der Waals surface area contributed by atoms with Crippen LogP contribution < -0.4 is 20.3 Å². The molecular weight excluding hydrogens is 398 g/mol. The van der Waals surface area contributed by atoms with Crippen molar-refractivity contribution in [3.63, 3.8) is 0 Å². The molecule has 10 nitrogen and oxygen atoms in total. The molecule has 1 aliphatic carbocycles. The predicted molar refractivity (Wildman–Crippen MR) is 113 cm³/mol. The topological polar surface area (TPSA) is 113 Å². The molecule has 2 fully saturated rings. The van der Waals surface area contributed by atoms with Crippen molar-refractivity contribution < 1.29 is 14.3 Å². The van der Waals surface area contributed by atoms with E-state index in [0.29, 0.717) is 23.9 Å². The first-order chi connectivity index (χ1) is 15.1.